The number of aryl methyl sites for hydroxylation is 1. The van der Waals surface area contributed by atoms with Gasteiger partial charge in [0.15, 0.2) is 0 Å². The van der Waals surface area contributed by atoms with Crippen LogP contribution < -0.4 is 5.32 Å². The highest BCUT2D eigenvalue weighted by Crippen LogP contribution is 2.25. The van der Waals surface area contributed by atoms with Crippen molar-refractivity contribution >= 4 is 11.6 Å². The van der Waals surface area contributed by atoms with E-state index in [1.54, 1.807) is 12.1 Å². The van der Waals surface area contributed by atoms with Crippen LogP contribution in [0.4, 0.5) is 5.69 Å². The highest BCUT2D eigenvalue weighted by atomic mass is 16.5. The van der Waals surface area contributed by atoms with E-state index in [1.165, 1.54) is 0 Å². The number of hydrogen-bond acceptors (Lipinski definition) is 3. The Morgan fingerprint density at radius 1 is 1.41 bits per heavy atom. The molecule has 4 heteroatoms. The number of benzene rings is 1. The molecular weight excluding hydrogens is 218 g/mol. The number of rotatable bonds is 2. The molecule has 1 fully saturated rings. The third-order valence-electron chi connectivity index (χ3n) is 3.00. The van der Waals surface area contributed by atoms with Crippen LogP contribution in [0.1, 0.15) is 18.4 Å². The van der Waals surface area contributed by atoms with Crippen molar-refractivity contribution in [1.82, 2.24) is 0 Å². The SMILES string of the molecule is Cc1ccc(NC(=O)C2CCOCC2)c(O)c1. The van der Waals surface area contributed by atoms with Crippen molar-refractivity contribution in [2.24, 2.45) is 5.92 Å². The first-order chi connectivity index (χ1) is 8.16. The summed E-state index contributed by atoms with van der Waals surface area (Å²) in [6.07, 6.45) is 1.50. The topological polar surface area (TPSA) is 58.6 Å². The fourth-order valence-electron chi connectivity index (χ4n) is 1.94. The predicted octanol–water partition coefficient (Wildman–Crippen LogP) is 2.07. The van der Waals surface area contributed by atoms with Crippen LogP contribution >= 0.6 is 0 Å². The standard InChI is InChI=1S/C13H17NO3/c1-9-2-3-11(12(15)8-9)14-13(16)10-4-6-17-7-5-10/h2-3,8,10,15H,4-7H2,1H3,(H,14,16). The van der Waals surface area contributed by atoms with E-state index in [0.29, 0.717) is 18.9 Å². The molecule has 1 heterocycles. The van der Waals surface area contributed by atoms with E-state index in [4.69, 9.17) is 4.74 Å². The van der Waals surface area contributed by atoms with Crippen molar-refractivity contribution in [3.63, 3.8) is 0 Å². The van der Waals surface area contributed by atoms with Crippen LogP contribution in [0.15, 0.2) is 18.2 Å². The van der Waals surface area contributed by atoms with Crippen LogP contribution in [0.5, 0.6) is 5.75 Å². The Bertz CT molecular complexity index is 411. The lowest BCUT2D eigenvalue weighted by Crippen LogP contribution is -2.28. The number of amides is 1. The average molecular weight is 235 g/mol. The minimum absolute atomic E-state index is 0.00977. The van der Waals surface area contributed by atoms with Crippen molar-refractivity contribution in [3.05, 3.63) is 23.8 Å². The Kier molecular flexibility index (Phi) is 3.64. The zero-order valence-electron chi connectivity index (χ0n) is 9.90. The van der Waals surface area contributed by atoms with E-state index in [0.717, 1.165) is 18.4 Å². The molecule has 1 saturated heterocycles. The summed E-state index contributed by atoms with van der Waals surface area (Å²) < 4.78 is 5.21. The van der Waals surface area contributed by atoms with Gasteiger partial charge in [-0.05, 0) is 37.5 Å². The summed E-state index contributed by atoms with van der Waals surface area (Å²) in [6, 6.07) is 5.22. The molecule has 0 saturated carbocycles. The molecule has 0 unspecified atom stereocenters. The number of carbonyl (C=O) groups is 1. The van der Waals surface area contributed by atoms with Crippen molar-refractivity contribution < 1.29 is 14.6 Å². The number of anilines is 1. The summed E-state index contributed by atoms with van der Waals surface area (Å²) in [5.41, 5.74) is 1.44. The Labute approximate surface area is 101 Å². The van der Waals surface area contributed by atoms with E-state index in [9.17, 15) is 9.90 Å². The number of phenols is 1. The Morgan fingerprint density at radius 3 is 2.76 bits per heavy atom. The summed E-state index contributed by atoms with van der Waals surface area (Å²) in [7, 11) is 0. The largest absolute Gasteiger partial charge is 0.506 e. The molecule has 0 bridgehead atoms. The molecule has 0 aromatic heterocycles. The van der Waals surface area contributed by atoms with Gasteiger partial charge in [-0.2, -0.15) is 0 Å². The van der Waals surface area contributed by atoms with Crippen LogP contribution in [0.2, 0.25) is 0 Å². The van der Waals surface area contributed by atoms with E-state index >= 15 is 0 Å². The molecule has 4 nitrogen and oxygen atoms in total. The monoisotopic (exact) mass is 235 g/mol. The van der Waals surface area contributed by atoms with Gasteiger partial charge in [-0.3, -0.25) is 4.79 Å². The van der Waals surface area contributed by atoms with Gasteiger partial charge in [0.2, 0.25) is 5.91 Å². The lowest BCUT2D eigenvalue weighted by atomic mass is 9.99. The molecule has 0 radical (unpaired) electrons. The summed E-state index contributed by atoms with van der Waals surface area (Å²) in [5.74, 6) is 0.0716. The average Bonchev–Trinajstić information content (AvgIpc) is 2.34. The number of nitrogens with one attached hydrogen (secondary N) is 1. The molecule has 2 rings (SSSR count). The first-order valence-corrected chi connectivity index (χ1v) is 5.85. The summed E-state index contributed by atoms with van der Waals surface area (Å²) in [5, 5.41) is 12.5. The van der Waals surface area contributed by atoms with Crippen LogP contribution in [0, 0.1) is 12.8 Å². The fourth-order valence-corrected chi connectivity index (χ4v) is 1.94. The molecule has 1 aromatic carbocycles. The zero-order valence-corrected chi connectivity index (χ0v) is 9.90. The minimum atomic E-state index is -0.0348. The molecule has 0 spiro atoms. The first kappa shape index (κ1) is 11.9. The molecule has 92 valence electrons. The molecular formula is C13H17NO3. The van der Waals surface area contributed by atoms with Gasteiger partial charge < -0.3 is 15.2 Å². The van der Waals surface area contributed by atoms with Crippen molar-refractivity contribution in [3.8, 4) is 5.75 Å². The third kappa shape index (κ3) is 2.97. The van der Waals surface area contributed by atoms with Crippen LogP contribution in [-0.4, -0.2) is 24.2 Å². The van der Waals surface area contributed by atoms with Crippen LogP contribution in [-0.2, 0) is 9.53 Å². The first-order valence-electron chi connectivity index (χ1n) is 5.85. The lowest BCUT2D eigenvalue weighted by Gasteiger charge is -2.21. The minimum Gasteiger partial charge on any atom is -0.506 e. The second-order valence-corrected chi connectivity index (χ2v) is 4.40. The maximum Gasteiger partial charge on any atom is 0.227 e. The van der Waals surface area contributed by atoms with Crippen molar-refractivity contribution in [2.75, 3.05) is 18.5 Å². The van der Waals surface area contributed by atoms with Crippen LogP contribution in [0.3, 0.4) is 0 Å². The van der Waals surface area contributed by atoms with E-state index < -0.39 is 0 Å². The van der Waals surface area contributed by atoms with E-state index in [-0.39, 0.29) is 17.6 Å². The molecule has 17 heavy (non-hydrogen) atoms. The molecule has 1 amide bonds. The predicted molar refractivity (Wildman–Crippen MR) is 65.0 cm³/mol. The van der Waals surface area contributed by atoms with E-state index in [1.807, 2.05) is 13.0 Å². The normalized spacial score (nSPS) is 16.8. The smallest absolute Gasteiger partial charge is 0.227 e. The van der Waals surface area contributed by atoms with Gasteiger partial charge in [0.1, 0.15) is 5.75 Å². The molecule has 1 aliphatic heterocycles. The molecule has 1 aliphatic rings. The zero-order chi connectivity index (χ0) is 12.3. The van der Waals surface area contributed by atoms with Crippen LogP contribution in [0.25, 0.3) is 0 Å². The maximum atomic E-state index is 11.9. The number of phenolic OH excluding ortho intramolecular Hbond substituents is 1. The summed E-state index contributed by atoms with van der Waals surface area (Å²) in [4.78, 5) is 11.9. The van der Waals surface area contributed by atoms with Gasteiger partial charge in [0.25, 0.3) is 0 Å². The van der Waals surface area contributed by atoms with Crippen molar-refractivity contribution in [2.45, 2.75) is 19.8 Å². The lowest BCUT2D eigenvalue weighted by molar-refractivity contribution is -0.122. The number of hydrogen-bond donors (Lipinski definition) is 2. The van der Waals surface area contributed by atoms with Gasteiger partial charge in [0, 0.05) is 19.1 Å². The Balaban J connectivity index is 2.02. The maximum absolute atomic E-state index is 11.9. The number of ether oxygens (including phenoxy) is 1. The molecule has 2 N–H and O–H groups in total. The van der Waals surface area contributed by atoms with Crippen molar-refractivity contribution in [1.29, 1.82) is 0 Å². The van der Waals surface area contributed by atoms with Gasteiger partial charge in [-0.25, -0.2) is 0 Å². The quantitative estimate of drug-likeness (QED) is 0.771. The second-order valence-electron chi connectivity index (χ2n) is 4.40. The molecule has 0 aliphatic carbocycles. The molecule has 0 atom stereocenters. The van der Waals surface area contributed by atoms with Gasteiger partial charge >= 0.3 is 0 Å². The van der Waals surface area contributed by atoms with Gasteiger partial charge in [0.05, 0.1) is 5.69 Å². The van der Waals surface area contributed by atoms with E-state index in [2.05, 4.69) is 5.32 Å². The fraction of sp³-hybridized carbons (Fsp3) is 0.462. The number of aromatic hydroxyl groups is 1. The summed E-state index contributed by atoms with van der Waals surface area (Å²) in [6.45, 7) is 3.17. The number of carbonyl (C=O) groups excluding carboxylic acids is 1. The Morgan fingerprint density at radius 2 is 2.12 bits per heavy atom. The second kappa shape index (κ2) is 5.19. The highest BCUT2D eigenvalue weighted by molar-refractivity contribution is 5.93. The highest BCUT2D eigenvalue weighted by Gasteiger charge is 2.22. The molecule has 1 aromatic rings. The van der Waals surface area contributed by atoms with Gasteiger partial charge in [-0.1, -0.05) is 6.07 Å². The third-order valence-corrected chi connectivity index (χ3v) is 3.00. The summed E-state index contributed by atoms with van der Waals surface area (Å²) >= 11 is 0. The Hall–Kier alpha value is -1.55. The van der Waals surface area contributed by atoms with Gasteiger partial charge in [-0.15, -0.1) is 0 Å².